The van der Waals surface area contributed by atoms with Crippen molar-refractivity contribution in [2.45, 2.75) is 5.92 Å². The standard InChI is InChI=1S/C26H18N2O5/c29-24-21-14-16(11-12-23(21)28-26(31)33-24)6-5-13-27-25(30)32-15-22-19-9-3-1-7-17(19)18-8-2-4-10-20(18)22/h1-4,7-12,14,22H,13,15H2,(H,27,30)(H,28,31). The van der Waals surface area contributed by atoms with Gasteiger partial charge in [-0.3, -0.25) is 4.98 Å². The number of hydrogen-bond acceptors (Lipinski definition) is 5. The summed E-state index contributed by atoms with van der Waals surface area (Å²) in [5, 5.41) is 2.85. The van der Waals surface area contributed by atoms with Crippen LogP contribution in [-0.2, 0) is 4.74 Å². The van der Waals surface area contributed by atoms with E-state index in [1.165, 1.54) is 17.2 Å². The number of aromatic nitrogens is 1. The first-order valence-electron chi connectivity index (χ1n) is 10.3. The molecule has 7 heteroatoms. The van der Waals surface area contributed by atoms with Crippen molar-refractivity contribution in [3.05, 3.63) is 104 Å². The van der Waals surface area contributed by atoms with E-state index in [1.54, 1.807) is 12.1 Å². The van der Waals surface area contributed by atoms with Crippen molar-refractivity contribution in [3.8, 4) is 23.0 Å². The molecule has 0 aliphatic heterocycles. The van der Waals surface area contributed by atoms with Gasteiger partial charge in [0, 0.05) is 11.5 Å². The topological polar surface area (TPSA) is 101 Å². The lowest BCUT2D eigenvalue weighted by atomic mass is 9.98. The molecule has 1 aliphatic rings. The predicted molar refractivity (Wildman–Crippen MR) is 123 cm³/mol. The van der Waals surface area contributed by atoms with Crippen LogP contribution in [0.15, 0.2) is 80.7 Å². The van der Waals surface area contributed by atoms with Crippen LogP contribution in [0.5, 0.6) is 0 Å². The van der Waals surface area contributed by atoms with Crippen LogP contribution in [-0.4, -0.2) is 24.2 Å². The highest BCUT2D eigenvalue weighted by molar-refractivity contribution is 5.79. The quantitative estimate of drug-likeness (QED) is 0.478. The second-order valence-electron chi connectivity index (χ2n) is 7.54. The summed E-state index contributed by atoms with van der Waals surface area (Å²) in [6, 6.07) is 21.0. The number of alkyl carbamates (subject to hydrolysis) is 1. The predicted octanol–water partition coefficient (Wildman–Crippen LogP) is 3.37. The molecule has 4 aromatic rings. The zero-order valence-electron chi connectivity index (χ0n) is 17.4. The molecule has 1 heterocycles. The lowest BCUT2D eigenvalue weighted by Crippen LogP contribution is -2.26. The van der Waals surface area contributed by atoms with Gasteiger partial charge >= 0.3 is 17.5 Å². The third-order valence-electron chi connectivity index (χ3n) is 5.56. The largest absolute Gasteiger partial charge is 0.449 e. The lowest BCUT2D eigenvalue weighted by Gasteiger charge is -2.14. The number of fused-ring (bicyclic) bond motifs is 4. The lowest BCUT2D eigenvalue weighted by molar-refractivity contribution is 0.144. The number of amides is 1. The molecule has 0 radical (unpaired) electrons. The van der Waals surface area contributed by atoms with Gasteiger partial charge in [-0.15, -0.1) is 0 Å². The molecule has 1 aliphatic carbocycles. The first-order chi connectivity index (χ1) is 16.1. The van der Waals surface area contributed by atoms with Gasteiger partial charge in [0.1, 0.15) is 6.61 Å². The maximum absolute atomic E-state index is 12.2. The first-order valence-corrected chi connectivity index (χ1v) is 10.3. The minimum Gasteiger partial charge on any atom is -0.449 e. The second-order valence-corrected chi connectivity index (χ2v) is 7.54. The van der Waals surface area contributed by atoms with Gasteiger partial charge in [-0.05, 0) is 40.5 Å². The Labute approximate surface area is 188 Å². The van der Waals surface area contributed by atoms with E-state index in [1.807, 2.05) is 24.3 Å². The average Bonchev–Trinajstić information content (AvgIpc) is 3.14. The van der Waals surface area contributed by atoms with Crippen molar-refractivity contribution in [2.75, 3.05) is 13.2 Å². The Morgan fingerprint density at radius 3 is 2.42 bits per heavy atom. The van der Waals surface area contributed by atoms with E-state index in [-0.39, 0.29) is 24.5 Å². The molecule has 0 bridgehead atoms. The van der Waals surface area contributed by atoms with Gasteiger partial charge in [-0.2, -0.15) is 0 Å². The maximum Gasteiger partial charge on any atom is 0.419 e. The number of nitrogens with one attached hydrogen (secondary N) is 2. The minimum atomic E-state index is -0.807. The van der Waals surface area contributed by atoms with Crippen LogP contribution in [0.2, 0.25) is 0 Å². The number of ether oxygens (including phenoxy) is 1. The molecule has 0 fully saturated rings. The Bertz CT molecular complexity index is 1510. The zero-order valence-corrected chi connectivity index (χ0v) is 17.4. The molecule has 0 saturated carbocycles. The molecule has 0 atom stereocenters. The summed E-state index contributed by atoms with van der Waals surface area (Å²) in [7, 11) is 0. The van der Waals surface area contributed by atoms with Gasteiger partial charge in [0.05, 0.1) is 17.4 Å². The van der Waals surface area contributed by atoms with Crippen LogP contribution in [0.1, 0.15) is 22.6 Å². The molecule has 3 aromatic carbocycles. The van der Waals surface area contributed by atoms with E-state index in [0.717, 1.165) is 11.1 Å². The second kappa shape index (κ2) is 8.52. The minimum absolute atomic E-state index is 0.00928. The molecule has 1 aromatic heterocycles. The van der Waals surface area contributed by atoms with Gasteiger partial charge in [-0.25, -0.2) is 14.4 Å². The monoisotopic (exact) mass is 438 g/mol. The Kier molecular flexibility index (Phi) is 5.25. The number of aromatic amines is 1. The number of rotatable bonds is 3. The highest BCUT2D eigenvalue weighted by Gasteiger charge is 2.28. The van der Waals surface area contributed by atoms with Crippen molar-refractivity contribution in [2.24, 2.45) is 0 Å². The van der Waals surface area contributed by atoms with E-state index in [0.29, 0.717) is 11.1 Å². The summed E-state index contributed by atoms with van der Waals surface area (Å²) in [5.41, 5.74) is 4.83. The molecular weight excluding hydrogens is 420 g/mol. The molecular formula is C26H18N2O5. The van der Waals surface area contributed by atoms with Crippen LogP contribution in [0, 0.1) is 11.8 Å². The third-order valence-corrected chi connectivity index (χ3v) is 5.56. The van der Waals surface area contributed by atoms with E-state index in [4.69, 9.17) is 4.74 Å². The van der Waals surface area contributed by atoms with E-state index in [2.05, 4.69) is 50.8 Å². The number of hydrogen-bond donors (Lipinski definition) is 2. The molecule has 5 rings (SSSR count). The average molecular weight is 438 g/mol. The normalized spacial score (nSPS) is 11.9. The van der Waals surface area contributed by atoms with Crippen LogP contribution in [0.3, 0.4) is 0 Å². The Hall–Kier alpha value is -4.57. The molecule has 1 amide bonds. The fourth-order valence-corrected chi connectivity index (χ4v) is 4.09. The molecule has 0 saturated heterocycles. The summed E-state index contributed by atoms with van der Waals surface area (Å²) >= 11 is 0. The number of H-pyrrole nitrogens is 1. The van der Waals surface area contributed by atoms with Gasteiger partial charge in [0.25, 0.3) is 0 Å². The van der Waals surface area contributed by atoms with E-state index >= 15 is 0 Å². The van der Waals surface area contributed by atoms with Gasteiger partial charge in [0.15, 0.2) is 0 Å². The molecule has 162 valence electrons. The van der Waals surface area contributed by atoms with Crippen molar-refractivity contribution < 1.29 is 13.9 Å². The van der Waals surface area contributed by atoms with Crippen molar-refractivity contribution in [1.82, 2.24) is 10.3 Å². The number of benzene rings is 3. The van der Waals surface area contributed by atoms with Crippen molar-refractivity contribution >= 4 is 17.0 Å². The molecule has 0 unspecified atom stereocenters. The van der Waals surface area contributed by atoms with Gasteiger partial charge < -0.3 is 14.5 Å². The van der Waals surface area contributed by atoms with Crippen LogP contribution in [0.25, 0.3) is 22.0 Å². The fourth-order valence-electron chi connectivity index (χ4n) is 4.09. The summed E-state index contributed by atoms with van der Waals surface area (Å²) in [5.74, 6) is 4.87. The summed E-state index contributed by atoms with van der Waals surface area (Å²) in [4.78, 5) is 37.7. The van der Waals surface area contributed by atoms with Crippen molar-refractivity contribution in [3.63, 3.8) is 0 Å². The molecule has 2 N–H and O–H groups in total. The van der Waals surface area contributed by atoms with Gasteiger partial charge in [-0.1, -0.05) is 60.4 Å². The van der Waals surface area contributed by atoms with Gasteiger partial charge in [0.2, 0.25) is 0 Å². The van der Waals surface area contributed by atoms with E-state index < -0.39 is 17.5 Å². The Morgan fingerprint density at radius 2 is 1.70 bits per heavy atom. The highest BCUT2D eigenvalue weighted by atomic mass is 16.5. The maximum atomic E-state index is 12.2. The highest BCUT2D eigenvalue weighted by Crippen LogP contribution is 2.44. The summed E-state index contributed by atoms with van der Waals surface area (Å²) < 4.78 is 10.00. The van der Waals surface area contributed by atoms with Crippen LogP contribution < -0.4 is 16.7 Å². The molecule has 33 heavy (non-hydrogen) atoms. The zero-order chi connectivity index (χ0) is 22.8. The summed E-state index contributed by atoms with van der Waals surface area (Å²) in [6.45, 7) is 0.306. The van der Waals surface area contributed by atoms with E-state index in [9.17, 15) is 14.4 Å². The number of carbonyl (C=O) groups excluding carboxylic acids is 1. The van der Waals surface area contributed by atoms with Crippen LogP contribution >= 0.6 is 0 Å². The van der Waals surface area contributed by atoms with Crippen LogP contribution in [0.4, 0.5) is 4.79 Å². The first kappa shape index (κ1) is 20.3. The molecule has 0 spiro atoms. The third kappa shape index (κ3) is 4.02. The SMILES string of the molecule is O=C(NCC#Cc1ccc2[nH]c(=O)oc(=O)c2c1)OCC1c2ccccc2-c2ccccc21. The fraction of sp³-hybridized carbons (Fsp3) is 0.115. The molecule has 7 nitrogen and oxygen atoms in total. The Morgan fingerprint density at radius 1 is 1.00 bits per heavy atom. The Balaban J connectivity index is 1.21. The van der Waals surface area contributed by atoms with Crippen molar-refractivity contribution in [1.29, 1.82) is 0 Å². The summed E-state index contributed by atoms with van der Waals surface area (Å²) in [6.07, 6.45) is -0.553. The number of carbonyl (C=O) groups is 1. The smallest absolute Gasteiger partial charge is 0.419 e.